The molecule has 38 heavy (non-hydrogen) atoms. The molecule has 0 amide bonds. The molecule has 0 heterocycles. The number of likely N-dealkylation sites (N-methyl/N-ethyl adjacent to an activating group) is 3. The highest BCUT2D eigenvalue weighted by Crippen LogP contribution is 2.07. The van der Waals surface area contributed by atoms with Gasteiger partial charge >= 0.3 is 0 Å². The molecule has 0 radical (unpaired) electrons. The Morgan fingerprint density at radius 3 is 0.579 bits per heavy atom. The molecule has 0 saturated carbocycles. The maximum atomic E-state index is 8.55. The predicted molar refractivity (Wildman–Crippen MR) is 162 cm³/mol. The fraction of sp³-hybridized carbons (Fsp3) is 0.600. The molecule has 0 spiro atoms. The van der Waals surface area contributed by atoms with E-state index in [4.69, 9.17) is 19.2 Å². The van der Waals surface area contributed by atoms with Gasteiger partial charge in [0.1, 0.15) is 0 Å². The van der Waals surface area contributed by atoms with Gasteiger partial charge in [-0.1, -0.05) is 39.5 Å². The molecule has 8 heteroatoms. The maximum absolute atomic E-state index is 8.55. The average Bonchev–Trinajstić information content (AvgIpc) is 2.45. The topological polar surface area (TPSA) is 86.2 Å². The fourth-order valence-corrected chi connectivity index (χ4v) is 4.55. The summed E-state index contributed by atoms with van der Waals surface area (Å²) in [4.78, 5) is 25.6. The van der Waals surface area contributed by atoms with Crippen LogP contribution < -0.4 is 14.7 Å². The van der Waals surface area contributed by atoms with Gasteiger partial charge in [0.25, 0.3) is 0 Å². The van der Waals surface area contributed by atoms with E-state index in [0.29, 0.717) is 0 Å². The van der Waals surface area contributed by atoms with E-state index in [0.717, 1.165) is 52.7 Å². The van der Waals surface area contributed by atoms with Crippen molar-refractivity contribution in [2.24, 2.45) is 0 Å². The van der Waals surface area contributed by atoms with E-state index in [2.05, 4.69) is 123 Å². The van der Waals surface area contributed by atoms with Gasteiger partial charge in [-0.15, -0.1) is 0 Å². The molecule has 0 fully saturated rings. The Kier molecular flexibility index (Phi) is 22.3. The van der Waals surface area contributed by atoms with Crippen molar-refractivity contribution in [2.75, 3.05) is 81.6 Å². The Morgan fingerprint density at radius 2 is 0.526 bits per heavy atom. The zero-order chi connectivity index (χ0) is 31.7. The first-order valence-corrected chi connectivity index (χ1v) is 14.0. The van der Waals surface area contributed by atoms with Gasteiger partial charge in [0.2, 0.25) is 0 Å². The van der Waals surface area contributed by atoms with Gasteiger partial charge < -0.3 is 32.7 Å². The number of hydrogen-bond acceptors (Lipinski definition) is 4. The summed E-state index contributed by atoms with van der Waals surface area (Å²) in [5, 5.41) is 0. The van der Waals surface area contributed by atoms with Crippen molar-refractivity contribution < 1.29 is 32.7 Å². The van der Waals surface area contributed by atoms with Crippen molar-refractivity contribution >= 4 is 7.82 Å². The molecule has 0 aliphatic heterocycles. The Hall–Kier alpha value is -1.57. The van der Waals surface area contributed by atoms with E-state index in [1.165, 1.54) is 33.4 Å². The molecule has 0 aliphatic rings. The van der Waals surface area contributed by atoms with Crippen LogP contribution in [0.15, 0.2) is 72.9 Å². The second kappa shape index (κ2) is 19.5. The standard InChI is InChI=1S/3C10H20N.H3O4P/c3*1-9(2)7-11(5,6)8-10(3)4;1-5(2,3)4/h3*1,3,7-8H2,2,4-6H3;(H3,1,2,3,4)/q3*+1;/p-3. The minimum atomic E-state index is -5.39. The Balaban J connectivity index is -0.000000209. The monoisotopic (exact) mass is 557 g/mol. The second-order valence-electron chi connectivity index (χ2n) is 12.9. The number of nitrogens with zero attached hydrogens (tertiary/aromatic N) is 3. The van der Waals surface area contributed by atoms with E-state index < -0.39 is 7.82 Å². The summed E-state index contributed by atoms with van der Waals surface area (Å²) in [6.07, 6.45) is 0. The van der Waals surface area contributed by atoms with Crippen LogP contribution in [0.5, 0.6) is 0 Å². The fourth-order valence-electron chi connectivity index (χ4n) is 4.55. The second-order valence-corrected chi connectivity index (χ2v) is 13.8. The van der Waals surface area contributed by atoms with Crippen molar-refractivity contribution in [1.82, 2.24) is 0 Å². The van der Waals surface area contributed by atoms with E-state index in [1.54, 1.807) is 0 Å². The van der Waals surface area contributed by atoms with Gasteiger partial charge in [-0.25, -0.2) is 0 Å². The summed E-state index contributed by atoms with van der Waals surface area (Å²) in [6, 6.07) is 0. The van der Waals surface area contributed by atoms with Crippen LogP contribution >= 0.6 is 7.82 Å². The number of hydrogen-bond donors (Lipinski definition) is 0. The number of quaternary nitrogens is 3. The lowest BCUT2D eigenvalue weighted by molar-refractivity contribution is -0.880. The highest BCUT2D eigenvalue weighted by molar-refractivity contribution is 7.40. The molecule has 0 aliphatic carbocycles. The molecule has 0 rings (SSSR count). The van der Waals surface area contributed by atoms with E-state index >= 15 is 0 Å². The minimum Gasteiger partial charge on any atom is -0.822 e. The Bertz CT molecular complexity index is 692. The molecule has 0 bridgehead atoms. The molecule has 0 N–H and O–H groups in total. The summed E-state index contributed by atoms with van der Waals surface area (Å²) in [6.45, 7) is 42.0. The van der Waals surface area contributed by atoms with Gasteiger partial charge in [-0.2, -0.15) is 7.82 Å². The third-order valence-electron chi connectivity index (χ3n) is 4.19. The van der Waals surface area contributed by atoms with Crippen LogP contribution in [0.1, 0.15) is 41.5 Å². The lowest BCUT2D eigenvalue weighted by Gasteiger charge is -2.36. The van der Waals surface area contributed by atoms with Crippen molar-refractivity contribution in [1.29, 1.82) is 0 Å². The summed E-state index contributed by atoms with van der Waals surface area (Å²) in [5.41, 5.74) is 7.40. The van der Waals surface area contributed by atoms with Gasteiger partial charge in [-0.3, -0.25) is 0 Å². The highest BCUT2D eigenvalue weighted by atomic mass is 31.2. The van der Waals surface area contributed by atoms with Crippen molar-refractivity contribution in [3.8, 4) is 0 Å². The van der Waals surface area contributed by atoms with E-state index in [9.17, 15) is 0 Å². The molecular weight excluding hydrogens is 497 g/mol. The van der Waals surface area contributed by atoms with Crippen molar-refractivity contribution in [3.63, 3.8) is 0 Å². The molecule has 0 saturated heterocycles. The summed E-state index contributed by atoms with van der Waals surface area (Å²) < 4.78 is 11.4. The number of rotatable bonds is 12. The Morgan fingerprint density at radius 1 is 0.447 bits per heavy atom. The van der Waals surface area contributed by atoms with Crippen LogP contribution in [-0.2, 0) is 4.57 Å². The smallest absolute Gasteiger partial charge is 0.0996 e. The molecule has 0 aromatic carbocycles. The van der Waals surface area contributed by atoms with Gasteiger partial charge in [0.05, 0.1) is 81.6 Å². The first kappa shape index (κ1) is 43.5. The molecule has 0 unspecified atom stereocenters. The molecule has 0 atom stereocenters. The van der Waals surface area contributed by atoms with Crippen LogP contribution in [0.25, 0.3) is 0 Å². The Labute approximate surface area is 236 Å². The normalized spacial score (nSPS) is 11.3. The largest absolute Gasteiger partial charge is 0.822 e. The van der Waals surface area contributed by atoms with Gasteiger partial charge in [-0.05, 0) is 75.0 Å². The molecule has 0 aromatic heterocycles. The first-order chi connectivity index (χ1) is 16.5. The van der Waals surface area contributed by atoms with E-state index in [-0.39, 0.29) is 0 Å². The van der Waals surface area contributed by atoms with Crippen LogP contribution in [0.2, 0.25) is 0 Å². The molecular formula is C30H60N3O4P. The molecule has 7 nitrogen and oxygen atoms in total. The lowest BCUT2D eigenvalue weighted by Crippen LogP contribution is -2.41. The van der Waals surface area contributed by atoms with Crippen LogP contribution in [-0.4, -0.2) is 95.0 Å². The van der Waals surface area contributed by atoms with Crippen LogP contribution in [0.4, 0.5) is 0 Å². The highest BCUT2D eigenvalue weighted by Gasteiger charge is 2.15. The van der Waals surface area contributed by atoms with E-state index in [1.807, 2.05) is 0 Å². The number of phosphoric acid groups is 1. The maximum Gasteiger partial charge on any atom is 0.0996 e. The van der Waals surface area contributed by atoms with Gasteiger partial charge in [0, 0.05) is 0 Å². The summed E-state index contributed by atoms with van der Waals surface area (Å²) >= 11 is 0. The molecule has 0 aromatic rings. The average molecular weight is 558 g/mol. The van der Waals surface area contributed by atoms with Crippen molar-refractivity contribution in [2.45, 2.75) is 41.5 Å². The third kappa shape index (κ3) is 47.6. The first-order valence-electron chi connectivity index (χ1n) is 12.6. The zero-order valence-electron chi connectivity index (χ0n) is 26.9. The molecule has 224 valence electrons. The lowest BCUT2D eigenvalue weighted by atomic mass is 10.2. The summed E-state index contributed by atoms with van der Waals surface area (Å²) in [7, 11) is 7.80. The summed E-state index contributed by atoms with van der Waals surface area (Å²) in [5.74, 6) is 0. The predicted octanol–water partition coefficient (Wildman–Crippen LogP) is 3.82. The SMILES string of the molecule is C=C(C)C[N+](C)(C)CC(=C)C.C=C(C)C[N+](C)(C)CC(=C)C.C=C(C)C[N+](C)(C)CC(=C)C.O=P([O-])([O-])[O-]. The quantitative estimate of drug-likeness (QED) is 0.207. The minimum absolute atomic E-state index is 0.963. The van der Waals surface area contributed by atoms with Crippen LogP contribution in [0.3, 0.4) is 0 Å². The zero-order valence-corrected chi connectivity index (χ0v) is 27.8. The third-order valence-corrected chi connectivity index (χ3v) is 4.19. The van der Waals surface area contributed by atoms with Gasteiger partial charge in [0.15, 0.2) is 0 Å². The van der Waals surface area contributed by atoms with Crippen LogP contribution in [0, 0.1) is 0 Å². The van der Waals surface area contributed by atoms with Crippen molar-refractivity contribution in [3.05, 3.63) is 72.9 Å².